The zero-order valence-electron chi connectivity index (χ0n) is 12.9. The van der Waals surface area contributed by atoms with Crippen LogP contribution < -0.4 is 0 Å². The van der Waals surface area contributed by atoms with Gasteiger partial charge in [0.1, 0.15) is 11.5 Å². The van der Waals surface area contributed by atoms with Crippen LogP contribution in [0.3, 0.4) is 0 Å². The standard InChI is InChI=1S/C17H17N3O2S/c1-10-3-6-15(11(2)7-10)20-16(18-19-17(20)23)12-4-5-13(21)9-14(22)8-12/h3-7,9,21-22H,8H2,1-2H3,(H,19,23). The number of nitrogens with one attached hydrogen (secondary N) is 1. The summed E-state index contributed by atoms with van der Waals surface area (Å²) < 4.78 is 2.33. The predicted octanol–water partition coefficient (Wildman–Crippen LogP) is 4.22. The second-order valence-electron chi connectivity index (χ2n) is 5.57. The lowest BCUT2D eigenvalue weighted by Crippen LogP contribution is -2.04. The van der Waals surface area contributed by atoms with Gasteiger partial charge in [0.25, 0.3) is 0 Å². The summed E-state index contributed by atoms with van der Waals surface area (Å²) in [4.78, 5) is 0. The van der Waals surface area contributed by atoms with Gasteiger partial charge in [-0.3, -0.25) is 9.67 Å². The first-order valence-electron chi connectivity index (χ1n) is 7.20. The van der Waals surface area contributed by atoms with Crippen LogP contribution in [0.1, 0.15) is 23.4 Å². The van der Waals surface area contributed by atoms with E-state index >= 15 is 0 Å². The van der Waals surface area contributed by atoms with E-state index in [0.29, 0.717) is 10.6 Å². The van der Waals surface area contributed by atoms with Gasteiger partial charge in [-0.1, -0.05) is 23.8 Å². The number of hydrogen-bond donors (Lipinski definition) is 3. The van der Waals surface area contributed by atoms with Crippen LogP contribution in [0.5, 0.6) is 0 Å². The molecule has 0 bridgehead atoms. The fourth-order valence-electron chi connectivity index (χ4n) is 2.66. The third-order valence-corrected chi connectivity index (χ3v) is 3.97. The summed E-state index contributed by atoms with van der Waals surface area (Å²) in [7, 11) is 0. The van der Waals surface area contributed by atoms with Crippen molar-refractivity contribution < 1.29 is 10.2 Å². The summed E-state index contributed by atoms with van der Waals surface area (Å²) in [6, 6.07) is 6.10. The van der Waals surface area contributed by atoms with Crippen LogP contribution in [0.4, 0.5) is 0 Å². The molecule has 1 heterocycles. The zero-order valence-corrected chi connectivity index (χ0v) is 13.7. The van der Waals surface area contributed by atoms with E-state index in [1.165, 1.54) is 17.7 Å². The van der Waals surface area contributed by atoms with Crippen molar-refractivity contribution in [1.82, 2.24) is 14.8 Å². The molecule has 0 saturated heterocycles. The summed E-state index contributed by atoms with van der Waals surface area (Å²) in [5.74, 6) is 0.696. The second-order valence-corrected chi connectivity index (χ2v) is 5.96. The zero-order chi connectivity index (χ0) is 16.6. The van der Waals surface area contributed by atoms with Crippen LogP contribution in [0, 0.1) is 18.6 Å². The predicted molar refractivity (Wildman–Crippen MR) is 92.2 cm³/mol. The second kappa shape index (κ2) is 5.89. The Balaban J connectivity index is 2.17. The molecule has 0 saturated carbocycles. The van der Waals surface area contributed by atoms with Crippen molar-refractivity contribution in [2.45, 2.75) is 20.3 Å². The van der Waals surface area contributed by atoms with E-state index in [-0.39, 0.29) is 17.9 Å². The van der Waals surface area contributed by atoms with Crippen molar-refractivity contribution in [1.29, 1.82) is 0 Å². The molecule has 3 rings (SSSR count). The normalized spacial score (nSPS) is 14.8. The van der Waals surface area contributed by atoms with Crippen LogP contribution in [0.2, 0.25) is 0 Å². The third-order valence-electron chi connectivity index (χ3n) is 3.69. The van der Waals surface area contributed by atoms with Gasteiger partial charge >= 0.3 is 0 Å². The summed E-state index contributed by atoms with van der Waals surface area (Å²) >= 11 is 5.38. The van der Waals surface area contributed by atoms with Gasteiger partial charge in [0.2, 0.25) is 0 Å². The summed E-state index contributed by atoms with van der Waals surface area (Å²) in [5.41, 5.74) is 3.95. The average molecular weight is 327 g/mol. The monoisotopic (exact) mass is 327 g/mol. The van der Waals surface area contributed by atoms with Crippen molar-refractivity contribution >= 4 is 17.8 Å². The fourth-order valence-corrected chi connectivity index (χ4v) is 2.89. The Morgan fingerprint density at radius 1 is 1.22 bits per heavy atom. The molecular weight excluding hydrogens is 310 g/mol. The highest BCUT2D eigenvalue weighted by Crippen LogP contribution is 2.27. The highest BCUT2D eigenvalue weighted by Gasteiger charge is 2.17. The van der Waals surface area contributed by atoms with E-state index in [9.17, 15) is 10.2 Å². The van der Waals surface area contributed by atoms with Gasteiger partial charge in [-0.25, -0.2) is 0 Å². The Labute approximate surface area is 138 Å². The van der Waals surface area contributed by atoms with Crippen LogP contribution in [-0.2, 0) is 0 Å². The molecule has 6 heteroatoms. The molecule has 1 aliphatic rings. The van der Waals surface area contributed by atoms with E-state index in [2.05, 4.69) is 16.3 Å². The van der Waals surface area contributed by atoms with Gasteiger partial charge in [-0.15, -0.1) is 0 Å². The maximum absolute atomic E-state index is 9.90. The quantitative estimate of drug-likeness (QED) is 0.722. The van der Waals surface area contributed by atoms with Crippen molar-refractivity contribution in [3.05, 3.63) is 69.7 Å². The van der Waals surface area contributed by atoms with E-state index in [4.69, 9.17) is 12.2 Å². The molecule has 23 heavy (non-hydrogen) atoms. The molecule has 0 atom stereocenters. The number of aryl methyl sites for hydroxylation is 2. The average Bonchev–Trinajstić information content (AvgIpc) is 2.76. The largest absolute Gasteiger partial charge is 0.512 e. The maximum Gasteiger partial charge on any atom is 0.200 e. The molecule has 5 nitrogen and oxygen atoms in total. The minimum atomic E-state index is 0.00435. The van der Waals surface area contributed by atoms with Crippen LogP contribution >= 0.6 is 12.2 Å². The number of aliphatic hydroxyl groups is 2. The molecule has 1 aliphatic carbocycles. The lowest BCUT2D eigenvalue weighted by atomic mass is 10.1. The van der Waals surface area contributed by atoms with Crippen molar-refractivity contribution in [2.24, 2.45) is 0 Å². The Kier molecular flexibility index (Phi) is 3.92. The minimum Gasteiger partial charge on any atom is -0.512 e. The molecule has 3 N–H and O–H groups in total. The fraction of sp³-hybridized carbons (Fsp3) is 0.176. The molecule has 0 unspecified atom stereocenters. The number of nitrogens with zero attached hydrogens (tertiary/aromatic N) is 2. The van der Waals surface area contributed by atoms with Crippen LogP contribution in [0.15, 0.2) is 47.9 Å². The summed E-state index contributed by atoms with van der Waals surface area (Å²) in [5, 5.41) is 26.6. The van der Waals surface area contributed by atoms with Crippen LogP contribution in [-0.4, -0.2) is 25.0 Å². The van der Waals surface area contributed by atoms with Gasteiger partial charge in [0, 0.05) is 18.1 Å². The molecule has 0 aliphatic heterocycles. The maximum atomic E-state index is 9.90. The highest BCUT2D eigenvalue weighted by atomic mass is 32.1. The third kappa shape index (κ3) is 2.98. The number of H-pyrrole nitrogens is 1. The van der Waals surface area contributed by atoms with Gasteiger partial charge in [-0.2, -0.15) is 5.10 Å². The van der Waals surface area contributed by atoms with Gasteiger partial charge in [-0.05, 0) is 43.8 Å². The number of aliphatic hydroxyl groups excluding tert-OH is 2. The van der Waals surface area contributed by atoms with E-state index in [1.54, 1.807) is 6.08 Å². The topological polar surface area (TPSA) is 74.1 Å². The number of hydrogen-bond acceptors (Lipinski definition) is 4. The SMILES string of the molecule is Cc1ccc(-n2c(C3=CC=C(O)C=C(O)C3)n[nH]c2=S)c(C)c1. The van der Waals surface area contributed by atoms with E-state index in [0.717, 1.165) is 16.8 Å². The highest BCUT2D eigenvalue weighted by molar-refractivity contribution is 7.71. The van der Waals surface area contributed by atoms with Gasteiger partial charge in [0.15, 0.2) is 10.6 Å². The first-order chi connectivity index (χ1) is 11.0. The number of benzene rings is 1. The van der Waals surface area contributed by atoms with E-state index < -0.39 is 0 Å². The smallest absolute Gasteiger partial charge is 0.200 e. The molecule has 0 fully saturated rings. The molecule has 118 valence electrons. The van der Waals surface area contributed by atoms with Gasteiger partial charge < -0.3 is 10.2 Å². The first-order valence-corrected chi connectivity index (χ1v) is 7.61. The van der Waals surface area contributed by atoms with Crippen molar-refractivity contribution in [2.75, 3.05) is 0 Å². The molecule has 0 spiro atoms. The number of rotatable bonds is 2. The minimum absolute atomic E-state index is 0.00435. The number of aromatic nitrogens is 3. The Morgan fingerprint density at radius 2 is 2.00 bits per heavy atom. The summed E-state index contributed by atoms with van der Waals surface area (Å²) in [6.45, 7) is 4.06. The molecular formula is C17H17N3O2S. The Morgan fingerprint density at radius 3 is 2.74 bits per heavy atom. The first kappa shape index (κ1) is 15.3. The summed E-state index contributed by atoms with van der Waals surface area (Å²) in [6.07, 6.45) is 4.86. The lowest BCUT2D eigenvalue weighted by Gasteiger charge is -2.12. The molecule has 1 aromatic carbocycles. The molecule has 0 radical (unpaired) electrons. The van der Waals surface area contributed by atoms with Crippen molar-refractivity contribution in [3.8, 4) is 5.69 Å². The number of aromatic amines is 1. The Bertz CT molecular complexity index is 916. The van der Waals surface area contributed by atoms with Crippen molar-refractivity contribution in [3.63, 3.8) is 0 Å². The van der Waals surface area contributed by atoms with Gasteiger partial charge in [0.05, 0.1) is 5.69 Å². The molecule has 2 aromatic rings. The molecule has 1 aromatic heterocycles. The molecule has 0 amide bonds. The Hall–Kier alpha value is -2.60. The number of allylic oxidation sites excluding steroid dienone is 4. The van der Waals surface area contributed by atoms with Crippen LogP contribution in [0.25, 0.3) is 11.3 Å². The van der Waals surface area contributed by atoms with E-state index in [1.807, 2.05) is 30.5 Å². The lowest BCUT2D eigenvalue weighted by molar-refractivity contribution is 0.386.